The van der Waals surface area contributed by atoms with Crippen LogP contribution in [0.25, 0.3) is 5.69 Å². The topological polar surface area (TPSA) is 67.6 Å². The lowest BCUT2D eigenvalue weighted by molar-refractivity contribution is 0.0733. The molecule has 0 saturated carbocycles. The summed E-state index contributed by atoms with van der Waals surface area (Å²) < 4.78 is 7.57. The molecule has 1 aromatic heterocycles. The Hall–Kier alpha value is -3.12. The molecule has 1 amide bonds. The Balaban J connectivity index is 1.64. The van der Waals surface area contributed by atoms with Crippen molar-refractivity contribution < 1.29 is 14.6 Å². The molecule has 0 radical (unpaired) electrons. The molecular formula is C23H25N3O3. The lowest BCUT2D eigenvalue weighted by atomic mass is 9.97. The number of para-hydroxylation sites is 1. The fraction of sp³-hybridized carbons (Fsp3) is 0.304. The van der Waals surface area contributed by atoms with E-state index in [0.717, 1.165) is 22.6 Å². The van der Waals surface area contributed by atoms with Gasteiger partial charge >= 0.3 is 0 Å². The molecule has 0 aliphatic carbocycles. The number of rotatable bonds is 4. The van der Waals surface area contributed by atoms with Crippen LogP contribution in [0.15, 0.2) is 60.9 Å². The summed E-state index contributed by atoms with van der Waals surface area (Å²) in [6.07, 6.45) is 2.97. The molecule has 2 heterocycles. The number of carbonyl (C=O) groups excluding carboxylic acids is 1. The van der Waals surface area contributed by atoms with Crippen molar-refractivity contribution in [3.8, 4) is 11.4 Å². The molecule has 0 saturated heterocycles. The van der Waals surface area contributed by atoms with Crippen molar-refractivity contribution in [3.63, 3.8) is 0 Å². The van der Waals surface area contributed by atoms with Crippen molar-refractivity contribution in [1.82, 2.24) is 14.7 Å². The number of amides is 1. The molecule has 150 valence electrons. The number of aliphatic hydroxyl groups is 1. The molecule has 0 bridgehead atoms. The van der Waals surface area contributed by atoms with Gasteiger partial charge in [0.25, 0.3) is 5.91 Å². The number of fused-ring (bicyclic) bond motifs is 1. The third kappa shape index (κ3) is 3.89. The Morgan fingerprint density at radius 1 is 1.17 bits per heavy atom. The largest absolute Gasteiger partial charge is 0.491 e. The van der Waals surface area contributed by atoms with Crippen LogP contribution in [0.4, 0.5) is 0 Å². The van der Waals surface area contributed by atoms with Crippen LogP contribution in [-0.4, -0.2) is 38.8 Å². The lowest BCUT2D eigenvalue weighted by Crippen LogP contribution is -2.33. The summed E-state index contributed by atoms with van der Waals surface area (Å²) in [5.74, 6) is 0.807. The van der Waals surface area contributed by atoms with E-state index in [1.54, 1.807) is 15.8 Å². The predicted octanol–water partition coefficient (Wildman–Crippen LogP) is 3.60. The first-order valence-electron chi connectivity index (χ1n) is 9.86. The maximum atomic E-state index is 13.4. The minimum absolute atomic E-state index is 0.0673. The third-order valence-corrected chi connectivity index (χ3v) is 5.21. The van der Waals surface area contributed by atoms with E-state index in [-0.39, 0.29) is 11.8 Å². The first-order valence-corrected chi connectivity index (χ1v) is 9.86. The zero-order valence-electron chi connectivity index (χ0n) is 16.7. The Kier molecular flexibility index (Phi) is 5.36. The van der Waals surface area contributed by atoms with Gasteiger partial charge in [-0.05, 0) is 41.8 Å². The smallest absolute Gasteiger partial charge is 0.256 e. The number of hydrogen-bond donors (Lipinski definition) is 1. The molecule has 0 fully saturated rings. The maximum absolute atomic E-state index is 13.4. The number of hydrogen-bond acceptors (Lipinski definition) is 4. The van der Waals surface area contributed by atoms with Crippen LogP contribution in [0.1, 0.15) is 41.4 Å². The summed E-state index contributed by atoms with van der Waals surface area (Å²) in [5.41, 5.74) is 3.09. The zero-order chi connectivity index (χ0) is 20.4. The second-order valence-electron chi connectivity index (χ2n) is 7.60. The van der Waals surface area contributed by atoms with Crippen LogP contribution in [0.5, 0.6) is 5.75 Å². The van der Waals surface area contributed by atoms with Crippen molar-refractivity contribution in [2.24, 2.45) is 5.92 Å². The van der Waals surface area contributed by atoms with Gasteiger partial charge in [-0.1, -0.05) is 32.0 Å². The van der Waals surface area contributed by atoms with E-state index in [4.69, 9.17) is 4.74 Å². The molecule has 3 aromatic rings. The summed E-state index contributed by atoms with van der Waals surface area (Å²) in [5, 5.41) is 14.7. The third-order valence-electron chi connectivity index (χ3n) is 5.21. The number of nitrogens with zero attached hydrogens (tertiary/aromatic N) is 3. The normalized spacial score (nSPS) is 14.8. The van der Waals surface area contributed by atoms with E-state index >= 15 is 0 Å². The number of carbonyl (C=O) groups is 1. The van der Waals surface area contributed by atoms with Crippen LogP contribution in [0, 0.1) is 5.92 Å². The predicted molar refractivity (Wildman–Crippen MR) is 110 cm³/mol. The number of aliphatic hydroxyl groups excluding tert-OH is 1. The minimum Gasteiger partial charge on any atom is -0.491 e. The second kappa shape index (κ2) is 8.09. The highest BCUT2D eigenvalue weighted by Gasteiger charge is 2.24. The highest BCUT2D eigenvalue weighted by atomic mass is 16.5. The van der Waals surface area contributed by atoms with Crippen LogP contribution in [-0.2, 0) is 6.54 Å². The second-order valence-corrected chi connectivity index (χ2v) is 7.60. The van der Waals surface area contributed by atoms with Gasteiger partial charge in [-0.2, -0.15) is 5.10 Å². The highest BCUT2D eigenvalue weighted by molar-refractivity contribution is 5.97. The van der Waals surface area contributed by atoms with Gasteiger partial charge in [0.1, 0.15) is 12.4 Å². The van der Waals surface area contributed by atoms with Crippen LogP contribution in [0.2, 0.25) is 0 Å². The summed E-state index contributed by atoms with van der Waals surface area (Å²) >= 11 is 0. The van der Waals surface area contributed by atoms with Gasteiger partial charge in [-0.25, -0.2) is 4.68 Å². The number of ether oxygens (including phenoxy) is 1. The molecule has 4 rings (SSSR count). The first kappa shape index (κ1) is 19.2. The van der Waals surface area contributed by atoms with E-state index in [1.807, 2.05) is 68.6 Å². The molecular weight excluding hydrogens is 366 g/mol. The summed E-state index contributed by atoms with van der Waals surface area (Å²) in [6.45, 7) is 5.31. The van der Waals surface area contributed by atoms with Gasteiger partial charge in [-0.15, -0.1) is 0 Å². The van der Waals surface area contributed by atoms with Crippen LogP contribution in [0.3, 0.4) is 0 Å². The number of aromatic nitrogens is 2. The summed E-state index contributed by atoms with van der Waals surface area (Å²) in [4.78, 5) is 15.2. The standard InChI is InChI=1S/C23H25N3O3/c1-16(2)22(27)17-8-9-21-18(14-17)15-25(12-13-29-21)23(28)19-6-3-4-7-20(19)26-11-5-10-24-26/h3-11,14,16,22,27H,12-13,15H2,1-2H3. The van der Waals surface area contributed by atoms with Crippen LogP contribution < -0.4 is 4.74 Å². The summed E-state index contributed by atoms with van der Waals surface area (Å²) in [6, 6.07) is 15.0. The summed E-state index contributed by atoms with van der Waals surface area (Å²) in [7, 11) is 0. The fourth-order valence-corrected chi connectivity index (χ4v) is 3.59. The van der Waals surface area contributed by atoms with Crippen molar-refractivity contribution in [2.75, 3.05) is 13.2 Å². The maximum Gasteiger partial charge on any atom is 0.256 e. The van der Waals surface area contributed by atoms with Gasteiger partial charge in [0.05, 0.1) is 23.9 Å². The van der Waals surface area contributed by atoms with E-state index in [9.17, 15) is 9.90 Å². The highest BCUT2D eigenvalue weighted by Crippen LogP contribution is 2.30. The van der Waals surface area contributed by atoms with Crippen molar-refractivity contribution in [1.29, 1.82) is 0 Å². The quantitative estimate of drug-likeness (QED) is 0.738. The monoisotopic (exact) mass is 391 g/mol. The molecule has 2 aromatic carbocycles. The van der Waals surface area contributed by atoms with Crippen molar-refractivity contribution in [2.45, 2.75) is 26.5 Å². The van der Waals surface area contributed by atoms with Crippen molar-refractivity contribution in [3.05, 3.63) is 77.6 Å². The van der Waals surface area contributed by atoms with E-state index in [0.29, 0.717) is 25.3 Å². The van der Waals surface area contributed by atoms with Gasteiger partial charge < -0.3 is 14.7 Å². The first-order chi connectivity index (χ1) is 14.0. The minimum atomic E-state index is -0.548. The Bertz CT molecular complexity index is 998. The van der Waals surface area contributed by atoms with Gasteiger partial charge in [0.2, 0.25) is 0 Å². The van der Waals surface area contributed by atoms with Gasteiger partial charge in [0, 0.05) is 24.5 Å². The van der Waals surface area contributed by atoms with E-state index in [2.05, 4.69) is 5.10 Å². The molecule has 1 aliphatic heterocycles. The molecule has 1 N–H and O–H groups in total. The Labute approximate surface area is 170 Å². The molecule has 6 heteroatoms. The zero-order valence-corrected chi connectivity index (χ0v) is 16.7. The van der Waals surface area contributed by atoms with Gasteiger partial charge in [0.15, 0.2) is 0 Å². The van der Waals surface area contributed by atoms with E-state index in [1.165, 1.54) is 0 Å². The average molecular weight is 391 g/mol. The molecule has 1 unspecified atom stereocenters. The fourth-order valence-electron chi connectivity index (χ4n) is 3.59. The van der Waals surface area contributed by atoms with Crippen molar-refractivity contribution >= 4 is 5.91 Å². The average Bonchev–Trinajstić information content (AvgIpc) is 3.19. The van der Waals surface area contributed by atoms with E-state index < -0.39 is 6.10 Å². The van der Waals surface area contributed by atoms with Crippen LogP contribution >= 0.6 is 0 Å². The molecule has 1 atom stereocenters. The molecule has 1 aliphatic rings. The Morgan fingerprint density at radius 3 is 2.76 bits per heavy atom. The molecule has 29 heavy (non-hydrogen) atoms. The molecule has 6 nitrogen and oxygen atoms in total. The van der Waals surface area contributed by atoms with Gasteiger partial charge in [-0.3, -0.25) is 4.79 Å². The lowest BCUT2D eigenvalue weighted by Gasteiger charge is -2.22. The SMILES string of the molecule is CC(C)C(O)c1ccc2c(c1)CN(C(=O)c1ccccc1-n1cccn1)CCO2. The number of benzene rings is 2. The molecule has 0 spiro atoms. The Morgan fingerprint density at radius 2 is 2.00 bits per heavy atom.